The summed E-state index contributed by atoms with van der Waals surface area (Å²) in [5, 5.41) is 0.183. The molecule has 0 spiro atoms. The van der Waals surface area contributed by atoms with E-state index in [1.807, 2.05) is 6.92 Å². The summed E-state index contributed by atoms with van der Waals surface area (Å²) < 4.78 is 11.3. The number of aromatic nitrogens is 3. The summed E-state index contributed by atoms with van der Waals surface area (Å²) in [5.41, 5.74) is 0. The molecule has 1 saturated heterocycles. The van der Waals surface area contributed by atoms with Gasteiger partial charge in [-0.2, -0.15) is 15.0 Å². The van der Waals surface area contributed by atoms with E-state index in [0.717, 1.165) is 25.8 Å². The van der Waals surface area contributed by atoms with Gasteiger partial charge < -0.3 is 14.4 Å². The van der Waals surface area contributed by atoms with Crippen molar-refractivity contribution in [2.24, 2.45) is 0 Å². The predicted molar refractivity (Wildman–Crippen MR) is 75.3 cm³/mol. The first-order valence-corrected chi connectivity index (χ1v) is 7.58. The third kappa shape index (κ3) is 2.81. The van der Waals surface area contributed by atoms with Crippen LogP contribution >= 0.6 is 11.6 Å². The molecule has 0 bridgehead atoms. The van der Waals surface area contributed by atoms with Gasteiger partial charge in [0.15, 0.2) is 0 Å². The van der Waals surface area contributed by atoms with Crippen LogP contribution in [0.25, 0.3) is 0 Å². The Morgan fingerprint density at radius 2 is 2.25 bits per heavy atom. The third-order valence-corrected chi connectivity index (χ3v) is 3.92. The van der Waals surface area contributed by atoms with Gasteiger partial charge in [0.2, 0.25) is 11.2 Å². The molecule has 2 aliphatic rings. The van der Waals surface area contributed by atoms with E-state index in [1.54, 1.807) is 0 Å². The van der Waals surface area contributed by atoms with Crippen LogP contribution in [-0.4, -0.2) is 46.9 Å². The lowest BCUT2D eigenvalue weighted by Gasteiger charge is -2.37. The third-order valence-electron chi connectivity index (χ3n) is 3.75. The Bertz CT molecular complexity index is 474. The topological polar surface area (TPSA) is 60.4 Å². The molecule has 1 aromatic rings. The fourth-order valence-corrected chi connectivity index (χ4v) is 3.03. The van der Waals surface area contributed by atoms with E-state index >= 15 is 0 Å². The summed E-state index contributed by atoms with van der Waals surface area (Å²) in [7, 11) is 0. The number of hydrogen-bond donors (Lipinski definition) is 0. The van der Waals surface area contributed by atoms with E-state index < -0.39 is 0 Å². The lowest BCUT2D eigenvalue weighted by molar-refractivity contribution is 0.0249. The Morgan fingerprint density at radius 3 is 3.10 bits per heavy atom. The summed E-state index contributed by atoms with van der Waals surface area (Å²) in [5.74, 6) is 0.608. The van der Waals surface area contributed by atoms with E-state index in [2.05, 4.69) is 19.9 Å². The molecule has 6 nitrogen and oxygen atoms in total. The Labute approximate surface area is 123 Å². The van der Waals surface area contributed by atoms with Gasteiger partial charge in [0.05, 0.1) is 25.4 Å². The zero-order valence-corrected chi connectivity index (χ0v) is 12.3. The molecular formula is C13H19ClN4O2. The smallest absolute Gasteiger partial charge is 0.322 e. The number of hydrogen-bond acceptors (Lipinski definition) is 6. The molecule has 0 amide bonds. The van der Waals surface area contributed by atoms with Crippen LogP contribution in [-0.2, 0) is 4.74 Å². The molecule has 110 valence electrons. The highest BCUT2D eigenvalue weighted by molar-refractivity contribution is 6.28. The van der Waals surface area contributed by atoms with E-state index in [1.165, 1.54) is 6.42 Å². The quantitative estimate of drug-likeness (QED) is 0.848. The van der Waals surface area contributed by atoms with Crippen LogP contribution in [0.2, 0.25) is 5.28 Å². The molecule has 1 aromatic heterocycles. The second kappa shape index (κ2) is 6.10. The van der Waals surface area contributed by atoms with Crippen molar-refractivity contribution in [3.8, 4) is 6.01 Å². The Hall–Kier alpha value is -1.14. The number of fused-ring (bicyclic) bond motifs is 1. The van der Waals surface area contributed by atoms with Gasteiger partial charge in [0.1, 0.15) is 0 Å². The Kier molecular flexibility index (Phi) is 4.21. The predicted octanol–water partition coefficient (Wildman–Crippen LogP) is 2.07. The number of rotatable bonds is 4. The highest BCUT2D eigenvalue weighted by Crippen LogP contribution is 2.32. The standard InChI is InChI=1S/C13H19ClN4O2/c1-2-7-20-13-16-11(14)15-12(17-13)18-6-8-19-10-5-3-4-9(10)18/h9-10H,2-8H2,1H3. The SMILES string of the molecule is CCCOc1nc(Cl)nc(N2CCOC3CCCC32)n1. The number of halogens is 1. The normalized spacial score (nSPS) is 25.6. The minimum Gasteiger partial charge on any atom is -0.463 e. The lowest BCUT2D eigenvalue weighted by atomic mass is 10.1. The molecule has 2 heterocycles. The highest BCUT2D eigenvalue weighted by atomic mass is 35.5. The second-order valence-electron chi connectivity index (χ2n) is 5.14. The minimum atomic E-state index is 0.183. The zero-order chi connectivity index (χ0) is 13.9. The van der Waals surface area contributed by atoms with Crippen molar-refractivity contribution in [3.63, 3.8) is 0 Å². The van der Waals surface area contributed by atoms with E-state index in [-0.39, 0.29) is 5.28 Å². The fourth-order valence-electron chi connectivity index (χ4n) is 2.88. The molecule has 1 aliphatic heterocycles. The van der Waals surface area contributed by atoms with Crippen molar-refractivity contribution in [2.45, 2.75) is 44.8 Å². The van der Waals surface area contributed by atoms with Gasteiger partial charge in [-0.25, -0.2) is 0 Å². The van der Waals surface area contributed by atoms with Gasteiger partial charge >= 0.3 is 6.01 Å². The first-order chi connectivity index (χ1) is 9.78. The molecular weight excluding hydrogens is 280 g/mol. The average Bonchev–Trinajstić information content (AvgIpc) is 2.92. The molecule has 7 heteroatoms. The summed E-state index contributed by atoms with van der Waals surface area (Å²) >= 11 is 5.99. The molecule has 0 aromatic carbocycles. The van der Waals surface area contributed by atoms with E-state index in [0.29, 0.717) is 37.3 Å². The summed E-state index contributed by atoms with van der Waals surface area (Å²) in [6.45, 7) is 4.11. The molecule has 20 heavy (non-hydrogen) atoms. The van der Waals surface area contributed by atoms with Crippen molar-refractivity contribution in [3.05, 3.63) is 5.28 Å². The summed E-state index contributed by atoms with van der Waals surface area (Å²) in [4.78, 5) is 14.9. The molecule has 1 saturated carbocycles. The highest BCUT2D eigenvalue weighted by Gasteiger charge is 2.37. The molecule has 0 N–H and O–H groups in total. The Morgan fingerprint density at radius 1 is 1.35 bits per heavy atom. The zero-order valence-electron chi connectivity index (χ0n) is 11.6. The number of morpholine rings is 1. The maximum absolute atomic E-state index is 5.99. The molecule has 2 atom stereocenters. The molecule has 0 radical (unpaired) electrons. The Balaban J connectivity index is 1.82. The van der Waals surface area contributed by atoms with Crippen LogP contribution in [0, 0.1) is 0 Å². The largest absolute Gasteiger partial charge is 0.463 e. The molecule has 2 unspecified atom stereocenters. The number of anilines is 1. The van der Waals surface area contributed by atoms with Crippen molar-refractivity contribution in [2.75, 3.05) is 24.7 Å². The molecule has 1 aliphatic carbocycles. The van der Waals surface area contributed by atoms with Crippen molar-refractivity contribution >= 4 is 17.5 Å². The van der Waals surface area contributed by atoms with Crippen LogP contribution in [0.1, 0.15) is 32.6 Å². The average molecular weight is 299 g/mol. The fraction of sp³-hybridized carbons (Fsp3) is 0.769. The van der Waals surface area contributed by atoms with Crippen LogP contribution in [0.4, 0.5) is 5.95 Å². The second-order valence-corrected chi connectivity index (χ2v) is 5.47. The summed E-state index contributed by atoms with van der Waals surface area (Å²) in [6, 6.07) is 0.657. The molecule has 3 rings (SSSR count). The van der Waals surface area contributed by atoms with Crippen molar-refractivity contribution in [1.82, 2.24) is 15.0 Å². The molecule has 2 fully saturated rings. The van der Waals surface area contributed by atoms with Gasteiger partial charge in [-0.3, -0.25) is 0 Å². The maximum Gasteiger partial charge on any atom is 0.322 e. The van der Waals surface area contributed by atoms with Gasteiger partial charge in [-0.1, -0.05) is 6.92 Å². The van der Waals surface area contributed by atoms with Gasteiger partial charge in [-0.15, -0.1) is 0 Å². The van der Waals surface area contributed by atoms with Gasteiger partial charge in [0, 0.05) is 6.54 Å². The monoisotopic (exact) mass is 298 g/mol. The number of nitrogens with zero attached hydrogens (tertiary/aromatic N) is 4. The first kappa shape index (κ1) is 13.8. The summed E-state index contributed by atoms with van der Waals surface area (Å²) in [6.07, 6.45) is 4.60. The van der Waals surface area contributed by atoms with Crippen LogP contribution in [0.3, 0.4) is 0 Å². The van der Waals surface area contributed by atoms with E-state index in [4.69, 9.17) is 21.1 Å². The maximum atomic E-state index is 5.99. The van der Waals surface area contributed by atoms with Gasteiger partial charge in [-0.05, 0) is 37.3 Å². The van der Waals surface area contributed by atoms with Crippen molar-refractivity contribution in [1.29, 1.82) is 0 Å². The van der Waals surface area contributed by atoms with E-state index in [9.17, 15) is 0 Å². The number of ether oxygens (including phenoxy) is 2. The van der Waals surface area contributed by atoms with Crippen LogP contribution < -0.4 is 9.64 Å². The first-order valence-electron chi connectivity index (χ1n) is 7.20. The van der Waals surface area contributed by atoms with Gasteiger partial charge in [0.25, 0.3) is 0 Å². The van der Waals surface area contributed by atoms with Crippen LogP contribution in [0.5, 0.6) is 6.01 Å². The minimum absolute atomic E-state index is 0.183. The van der Waals surface area contributed by atoms with Crippen molar-refractivity contribution < 1.29 is 9.47 Å². The lowest BCUT2D eigenvalue weighted by Crippen LogP contribution is -2.49. The van der Waals surface area contributed by atoms with Crippen LogP contribution in [0.15, 0.2) is 0 Å².